The van der Waals surface area contributed by atoms with E-state index >= 15 is 0 Å². The molecule has 6 atom stereocenters. The molecule has 5 nitrogen and oxygen atoms in total. The number of carboxylic acid groups (broad SMARTS) is 1. The molecule has 3 aliphatic carbocycles. The molecular weight excluding hydrogens is 354 g/mol. The molecular formula is C23H37NO4. The summed E-state index contributed by atoms with van der Waals surface area (Å²) < 4.78 is 0. The molecule has 0 aromatic heterocycles. The van der Waals surface area contributed by atoms with Gasteiger partial charge in [0.05, 0.1) is 0 Å². The molecule has 28 heavy (non-hydrogen) atoms. The molecule has 1 amide bonds. The van der Waals surface area contributed by atoms with E-state index in [9.17, 15) is 19.5 Å². The summed E-state index contributed by atoms with van der Waals surface area (Å²) in [7, 11) is 0. The second-order valence-electron chi connectivity index (χ2n) is 9.83. The van der Waals surface area contributed by atoms with Crippen molar-refractivity contribution in [2.24, 2.45) is 34.5 Å². The number of Topliss-reactive ketones (excluding diaryl/α,β-unsaturated/α-hetero) is 1. The maximum Gasteiger partial charge on any atom is 0.303 e. The number of amides is 1. The zero-order valence-corrected chi connectivity index (χ0v) is 18.0. The minimum absolute atomic E-state index is 0.0228. The molecule has 3 fully saturated rings. The summed E-state index contributed by atoms with van der Waals surface area (Å²) in [6.07, 6.45) is 5.95. The van der Waals surface area contributed by atoms with E-state index in [4.69, 9.17) is 0 Å². The molecule has 0 aliphatic heterocycles. The number of carbonyl (C=O) groups is 3. The molecule has 0 unspecified atom stereocenters. The lowest BCUT2D eigenvalue weighted by atomic mass is 9.48. The number of rotatable bonds is 6. The van der Waals surface area contributed by atoms with E-state index in [1.807, 2.05) is 25.7 Å². The van der Waals surface area contributed by atoms with Crippen LogP contribution in [0.5, 0.6) is 0 Å². The number of hydrogen-bond acceptors (Lipinski definition) is 3. The average Bonchev–Trinajstić information content (AvgIpc) is 3.01. The summed E-state index contributed by atoms with van der Waals surface area (Å²) >= 11 is 0. The predicted molar refractivity (Wildman–Crippen MR) is 108 cm³/mol. The second kappa shape index (κ2) is 7.79. The third-order valence-corrected chi connectivity index (χ3v) is 8.83. The molecule has 1 N–H and O–H groups in total. The first-order valence-corrected chi connectivity index (χ1v) is 11.2. The van der Waals surface area contributed by atoms with Crippen molar-refractivity contribution in [2.75, 3.05) is 13.1 Å². The number of hydrogen-bond donors (Lipinski definition) is 1. The first kappa shape index (κ1) is 21.3. The molecule has 0 spiro atoms. The van der Waals surface area contributed by atoms with Gasteiger partial charge in [0, 0.05) is 37.3 Å². The Labute approximate surface area is 169 Å². The number of aliphatic carboxylic acids is 1. The first-order valence-electron chi connectivity index (χ1n) is 11.2. The fourth-order valence-electron chi connectivity index (χ4n) is 7.12. The fraction of sp³-hybridized carbons (Fsp3) is 0.870. The van der Waals surface area contributed by atoms with Crippen molar-refractivity contribution >= 4 is 17.7 Å². The van der Waals surface area contributed by atoms with E-state index in [2.05, 4.69) is 6.92 Å². The number of carboxylic acids is 1. The Morgan fingerprint density at radius 1 is 1.07 bits per heavy atom. The van der Waals surface area contributed by atoms with E-state index < -0.39 is 11.4 Å². The third-order valence-electron chi connectivity index (χ3n) is 8.83. The van der Waals surface area contributed by atoms with Crippen LogP contribution in [0.3, 0.4) is 0 Å². The molecule has 0 saturated heterocycles. The smallest absolute Gasteiger partial charge is 0.303 e. The first-order chi connectivity index (χ1) is 13.2. The monoisotopic (exact) mass is 391 g/mol. The maximum absolute atomic E-state index is 13.2. The Hall–Kier alpha value is -1.39. The van der Waals surface area contributed by atoms with E-state index in [1.54, 1.807) is 0 Å². The zero-order valence-electron chi connectivity index (χ0n) is 18.0. The number of carbonyl (C=O) groups excluding carboxylic acids is 2. The second-order valence-corrected chi connectivity index (χ2v) is 9.83. The van der Waals surface area contributed by atoms with Crippen LogP contribution < -0.4 is 0 Å². The highest BCUT2D eigenvalue weighted by Crippen LogP contribution is 2.64. The number of nitrogens with zero attached hydrogens (tertiary/aromatic N) is 1. The van der Waals surface area contributed by atoms with Gasteiger partial charge in [0.1, 0.15) is 5.78 Å². The minimum Gasteiger partial charge on any atom is -0.481 e. The zero-order chi connectivity index (χ0) is 20.7. The van der Waals surface area contributed by atoms with Crippen LogP contribution in [0.1, 0.15) is 79.1 Å². The van der Waals surface area contributed by atoms with Crippen LogP contribution in [0, 0.1) is 34.5 Å². The van der Waals surface area contributed by atoms with Crippen LogP contribution >= 0.6 is 0 Å². The molecule has 3 rings (SSSR count). The summed E-state index contributed by atoms with van der Waals surface area (Å²) in [4.78, 5) is 39.2. The largest absolute Gasteiger partial charge is 0.481 e. The Bertz CT molecular complexity index is 643. The van der Waals surface area contributed by atoms with Crippen molar-refractivity contribution in [1.29, 1.82) is 0 Å². The summed E-state index contributed by atoms with van der Waals surface area (Å²) in [5.41, 5.74) is -0.488. The van der Waals surface area contributed by atoms with Crippen molar-refractivity contribution in [3.8, 4) is 0 Å². The van der Waals surface area contributed by atoms with Crippen LogP contribution in [-0.4, -0.2) is 40.8 Å². The highest BCUT2D eigenvalue weighted by atomic mass is 16.4. The SMILES string of the molecule is CCN(CC)C(=O)[C@@H]1CC[C@H]2[C@@H]3CCC(=O)[C@@](C)(CCC(=O)O)[C@@H]3CC[C@]12C. The lowest BCUT2D eigenvalue weighted by Crippen LogP contribution is -2.53. The summed E-state index contributed by atoms with van der Waals surface area (Å²) in [6.45, 7) is 9.96. The predicted octanol–water partition coefficient (Wildman–Crippen LogP) is 4.15. The number of ketones is 1. The van der Waals surface area contributed by atoms with Crippen LogP contribution in [0.15, 0.2) is 0 Å². The Morgan fingerprint density at radius 3 is 2.36 bits per heavy atom. The van der Waals surface area contributed by atoms with Crippen molar-refractivity contribution in [3.05, 3.63) is 0 Å². The van der Waals surface area contributed by atoms with Gasteiger partial charge < -0.3 is 10.0 Å². The maximum atomic E-state index is 13.2. The average molecular weight is 392 g/mol. The van der Waals surface area contributed by atoms with E-state index in [1.165, 1.54) is 0 Å². The van der Waals surface area contributed by atoms with Crippen molar-refractivity contribution < 1.29 is 19.5 Å². The van der Waals surface area contributed by atoms with Crippen LogP contribution in [-0.2, 0) is 14.4 Å². The van der Waals surface area contributed by atoms with Gasteiger partial charge >= 0.3 is 5.97 Å². The highest BCUT2D eigenvalue weighted by molar-refractivity contribution is 5.86. The van der Waals surface area contributed by atoms with Gasteiger partial charge in [-0.15, -0.1) is 0 Å². The van der Waals surface area contributed by atoms with Gasteiger partial charge in [-0.1, -0.05) is 13.8 Å². The van der Waals surface area contributed by atoms with Crippen molar-refractivity contribution in [3.63, 3.8) is 0 Å². The van der Waals surface area contributed by atoms with Gasteiger partial charge in [-0.3, -0.25) is 14.4 Å². The Balaban J connectivity index is 1.84. The number of fused-ring (bicyclic) bond motifs is 3. The molecule has 3 saturated carbocycles. The molecule has 0 radical (unpaired) electrons. The summed E-state index contributed by atoms with van der Waals surface area (Å²) in [5.74, 6) is 1.05. The fourth-order valence-corrected chi connectivity index (χ4v) is 7.12. The standard InChI is InChI=1S/C23H37NO4/c1-5-24(6-2)21(28)18-9-8-16-15-7-10-19(25)23(4,14-12-20(26)27)17(15)11-13-22(16,18)3/h15-18H,5-14H2,1-4H3,(H,26,27)/t15-,16-,17+,18-,22-,23-/m0/s1. The Morgan fingerprint density at radius 2 is 1.75 bits per heavy atom. The molecule has 158 valence electrons. The van der Waals surface area contributed by atoms with Crippen LogP contribution in [0.4, 0.5) is 0 Å². The van der Waals surface area contributed by atoms with Gasteiger partial charge in [0.2, 0.25) is 5.91 Å². The molecule has 0 aromatic carbocycles. The lowest BCUT2D eigenvalue weighted by molar-refractivity contribution is -0.152. The topological polar surface area (TPSA) is 74.7 Å². The van der Waals surface area contributed by atoms with Gasteiger partial charge in [0.25, 0.3) is 0 Å². The van der Waals surface area contributed by atoms with Gasteiger partial charge in [0.15, 0.2) is 0 Å². The third kappa shape index (κ3) is 3.29. The van der Waals surface area contributed by atoms with Crippen molar-refractivity contribution in [2.45, 2.75) is 79.1 Å². The van der Waals surface area contributed by atoms with Crippen LogP contribution in [0.25, 0.3) is 0 Å². The molecule has 3 aliphatic rings. The van der Waals surface area contributed by atoms with Crippen molar-refractivity contribution in [1.82, 2.24) is 4.90 Å². The summed E-state index contributed by atoms with van der Waals surface area (Å²) in [6, 6.07) is 0. The van der Waals surface area contributed by atoms with E-state index in [0.717, 1.165) is 45.2 Å². The normalized spacial score (nSPS) is 39.9. The summed E-state index contributed by atoms with van der Waals surface area (Å²) in [5, 5.41) is 9.17. The minimum atomic E-state index is -0.817. The lowest BCUT2D eigenvalue weighted by Gasteiger charge is -2.55. The van der Waals surface area contributed by atoms with Gasteiger partial charge in [-0.25, -0.2) is 0 Å². The highest BCUT2D eigenvalue weighted by Gasteiger charge is 2.60. The van der Waals surface area contributed by atoms with E-state index in [0.29, 0.717) is 30.6 Å². The Kier molecular flexibility index (Phi) is 5.94. The molecule has 0 bridgehead atoms. The van der Waals surface area contributed by atoms with E-state index in [-0.39, 0.29) is 29.5 Å². The van der Waals surface area contributed by atoms with Gasteiger partial charge in [-0.05, 0) is 75.5 Å². The molecule has 0 aromatic rings. The molecule has 0 heterocycles. The molecule has 5 heteroatoms. The van der Waals surface area contributed by atoms with Crippen LogP contribution in [0.2, 0.25) is 0 Å². The van der Waals surface area contributed by atoms with Gasteiger partial charge in [-0.2, -0.15) is 0 Å². The quantitative estimate of drug-likeness (QED) is 0.738.